The first-order valence-corrected chi connectivity index (χ1v) is 12.6. The molecule has 0 spiro atoms. The molecular weight excluding hydrogens is 465 g/mol. The van der Waals surface area contributed by atoms with E-state index in [0.717, 1.165) is 31.2 Å². The minimum absolute atomic E-state index is 0.0534. The van der Waals surface area contributed by atoms with Crippen LogP contribution in [-0.4, -0.2) is 30.3 Å². The Labute approximate surface area is 208 Å². The Morgan fingerprint density at radius 2 is 1.74 bits per heavy atom. The third kappa shape index (κ3) is 5.95. The fraction of sp³-hybridized carbons (Fsp3) is 0.296. The van der Waals surface area contributed by atoms with Crippen molar-refractivity contribution in [3.05, 3.63) is 87.9 Å². The monoisotopic (exact) mass is 493 g/mol. The van der Waals surface area contributed by atoms with Gasteiger partial charge in [-0.2, -0.15) is 0 Å². The molecule has 4 rings (SSSR count). The first-order valence-electron chi connectivity index (χ1n) is 11.7. The molecule has 1 fully saturated rings. The van der Waals surface area contributed by atoms with Gasteiger partial charge in [-0.3, -0.25) is 19.3 Å². The van der Waals surface area contributed by atoms with Crippen LogP contribution in [0.3, 0.4) is 0 Å². The minimum Gasteiger partial charge on any atom is -0.351 e. The van der Waals surface area contributed by atoms with Crippen LogP contribution < -0.4 is 15.5 Å². The second-order valence-corrected chi connectivity index (χ2v) is 9.60. The quantitative estimate of drug-likeness (QED) is 0.475. The molecule has 1 atom stereocenters. The van der Waals surface area contributed by atoms with Crippen LogP contribution in [0.25, 0.3) is 0 Å². The van der Waals surface area contributed by atoms with Crippen LogP contribution in [0.1, 0.15) is 52.5 Å². The number of nitrogens with one attached hydrogen (secondary N) is 2. The molecule has 1 aliphatic carbocycles. The number of thiophene rings is 1. The molecule has 1 aromatic heterocycles. The second-order valence-electron chi connectivity index (χ2n) is 8.65. The topological polar surface area (TPSA) is 78.5 Å². The Bertz CT molecular complexity index is 1170. The maximum absolute atomic E-state index is 13.7. The zero-order chi connectivity index (χ0) is 24.8. The van der Waals surface area contributed by atoms with E-state index in [2.05, 4.69) is 10.6 Å². The highest BCUT2D eigenvalue weighted by Gasteiger charge is 2.35. The lowest BCUT2D eigenvalue weighted by Gasteiger charge is -2.33. The fourth-order valence-electron chi connectivity index (χ4n) is 4.42. The zero-order valence-corrected chi connectivity index (χ0v) is 20.3. The Kier molecular flexibility index (Phi) is 7.92. The first kappa shape index (κ1) is 24.6. The van der Waals surface area contributed by atoms with E-state index in [1.54, 1.807) is 17.5 Å². The molecule has 0 aliphatic heterocycles. The van der Waals surface area contributed by atoms with Crippen LogP contribution in [0.5, 0.6) is 0 Å². The van der Waals surface area contributed by atoms with Gasteiger partial charge in [-0.15, -0.1) is 11.3 Å². The molecule has 0 bridgehead atoms. The lowest BCUT2D eigenvalue weighted by molar-refractivity contribution is -0.126. The van der Waals surface area contributed by atoms with Crippen LogP contribution >= 0.6 is 11.3 Å². The van der Waals surface area contributed by atoms with E-state index in [4.69, 9.17) is 0 Å². The van der Waals surface area contributed by atoms with E-state index in [0.29, 0.717) is 16.1 Å². The number of hydrogen-bond donors (Lipinski definition) is 2. The summed E-state index contributed by atoms with van der Waals surface area (Å²) in [5, 5.41) is 7.55. The van der Waals surface area contributed by atoms with Crippen LogP contribution in [0.2, 0.25) is 0 Å². The number of rotatable bonds is 8. The van der Waals surface area contributed by atoms with Crippen molar-refractivity contribution in [2.75, 3.05) is 11.4 Å². The first-order chi connectivity index (χ1) is 16.9. The number of carbonyl (C=O) groups excluding carboxylic acids is 3. The largest absolute Gasteiger partial charge is 0.351 e. The molecule has 2 N–H and O–H groups in total. The third-order valence-electron chi connectivity index (χ3n) is 6.21. The van der Waals surface area contributed by atoms with Gasteiger partial charge in [0.2, 0.25) is 11.8 Å². The van der Waals surface area contributed by atoms with Crippen molar-refractivity contribution in [2.24, 2.45) is 0 Å². The highest BCUT2D eigenvalue weighted by molar-refractivity contribution is 7.12. The maximum Gasteiger partial charge on any atom is 0.261 e. The summed E-state index contributed by atoms with van der Waals surface area (Å²) >= 11 is 1.27. The minimum atomic E-state index is -0.978. The van der Waals surface area contributed by atoms with Gasteiger partial charge in [0.15, 0.2) is 0 Å². The summed E-state index contributed by atoms with van der Waals surface area (Å²) in [5.41, 5.74) is 1.89. The van der Waals surface area contributed by atoms with Crippen LogP contribution in [0.4, 0.5) is 10.1 Å². The SMILES string of the molecule is Cc1ccccc1C(C(=O)NC1CCCC1)N(C(=O)CNC(=O)c1cccs1)c1ccc(F)cc1. The smallest absolute Gasteiger partial charge is 0.261 e. The maximum atomic E-state index is 13.7. The molecule has 1 heterocycles. The van der Waals surface area contributed by atoms with E-state index >= 15 is 0 Å². The number of anilines is 1. The highest BCUT2D eigenvalue weighted by atomic mass is 32.1. The van der Waals surface area contributed by atoms with E-state index in [1.807, 2.05) is 31.2 Å². The molecule has 3 aromatic rings. The Morgan fingerprint density at radius 1 is 1.03 bits per heavy atom. The molecule has 35 heavy (non-hydrogen) atoms. The van der Waals surface area contributed by atoms with E-state index < -0.39 is 17.8 Å². The summed E-state index contributed by atoms with van der Waals surface area (Å²) in [7, 11) is 0. The number of halogens is 1. The Hall–Kier alpha value is -3.52. The summed E-state index contributed by atoms with van der Waals surface area (Å²) in [5.74, 6) is -1.59. The summed E-state index contributed by atoms with van der Waals surface area (Å²) in [6.07, 6.45) is 3.89. The molecule has 2 aromatic carbocycles. The van der Waals surface area contributed by atoms with Crippen molar-refractivity contribution in [2.45, 2.75) is 44.7 Å². The average Bonchev–Trinajstić information content (AvgIpc) is 3.57. The van der Waals surface area contributed by atoms with Gasteiger partial charge in [-0.25, -0.2) is 4.39 Å². The molecule has 0 radical (unpaired) electrons. The lowest BCUT2D eigenvalue weighted by Crippen LogP contribution is -2.49. The summed E-state index contributed by atoms with van der Waals surface area (Å²) < 4.78 is 13.7. The molecule has 182 valence electrons. The van der Waals surface area contributed by atoms with Crippen LogP contribution in [-0.2, 0) is 9.59 Å². The number of nitrogens with zero attached hydrogens (tertiary/aromatic N) is 1. The third-order valence-corrected chi connectivity index (χ3v) is 7.08. The van der Waals surface area contributed by atoms with Gasteiger partial charge < -0.3 is 10.6 Å². The van der Waals surface area contributed by atoms with Gasteiger partial charge in [0.05, 0.1) is 11.4 Å². The Balaban J connectivity index is 1.69. The highest BCUT2D eigenvalue weighted by Crippen LogP contribution is 2.31. The van der Waals surface area contributed by atoms with E-state index in [-0.39, 0.29) is 24.4 Å². The molecule has 1 saturated carbocycles. The zero-order valence-electron chi connectivity index (χ0n) is 19.5. The van der Waals surface area contributed by atoms with Gasteiger partial charge in [0.1, 0.15) is 11.9 Å². The van der Waals surface area contributed by atoms with Crippen molar-refractivity contribution in [1.82, 2.24) is 10.6 Å². The summed E-state index contributed by atoms with van der Waals surface area (Å²) in [6.45, 7) is 1.57. The van der Waals surface area contributed by atoms with Crippen LogP contribution in [0, 0.1) is 12.7 Å². The van der Waals surface area contributed by atoms with E-state index in [9.17, 15) is 18.8 Å². The molecule has 0 saturated heterocycles. The summed E-state index contributed by atoms with van der Waals surface area (Å²) in [4.78, 5) is 41.6. The predicted molar refractivity (Wildman–Crippen MR) is 135 cm³/mol. The van der Waals surface area contributed by atoms with Gasteiger partial charge in [-0.05, 0) is 66.6 Å². The average molecular weight is 494 g/mol. The Morgan fingerprint density at radius 3 is 2.40 bits per heavy atom. The van der Waals surface area contributed by atoms with Crippen molar-refractivity contribution < 1.29 is 18.8 Å². The van der Waals surface area contributed by atoms with Crippen molar-refractivity contribution in [3.63, 3.8) is 0 Å². The van der Waals surface area contributed by atoms with Crippen molar-refractivity contribution >= 4 is 34.7 Å². The van der Waals surface area contributed by atoms with Gasteiger partial charge in [0.25, 0.3) is 5.91 Å². The molecule has 6 nitrogen and oxygen atoms in total. The molecular formula is C27H28FN3O3S. The van der Waals surface area contributed by atoms with Gasteiger partial charge in [0, 0.05) is 11.7 Å². The lowest BCUT2D eigenvalue weighted by atomic mass is 9.97. The molecule has 1 unspecified atom stereocenters. The second kappa shape index (κ2) is 11.3. The summed E-state index contributed by atoms with van der Waals surface area (Å²) in [6, 6.07) is 15.4. The number of aryl methyl sites for hydroxylation is 1. The van der Waals surface area contributed by atoms with Crippen LogP contribution in [0.15, 0.2) is 66.0 Å². The number of carbonyl (C=O) groups is 3. The fourth-order valence-corrected chi connectivity index (χ4v) is 5.06. The van der Waals surface area contributed by atoms with Crippen molar-refractivity contribution in [1.29, 1.82) is 0 Å². The molecule has 1 aliphatic rings. The van der Waals surface area contributed by atoms with E-state index in [1.165, 1.54) is 40.5 Å². The predicted octanol–water partition coefficient (Wildman–Crippen LogP) is 4.76. The molecule has 8 heteroatoms. The number of hydrogen-bond acceptors (Lipinski definition) is 4. The number of benzene rings is 2. The number of amides is 3. The molecule has 3 amide bonds. The van der Waals surface area contributed by atoms with Gasteiger partial charge >= 0.3 is 0 Å². The standard InChI is InChI=1S/C27H28FN3O3S/c1-18-7-2-5-10-22(18)25(27(34)30-20-8-3-4-9-20)31(21-14-12-19(28)13-15-21)24(32)17-29-26(33)23-11-6-16-35-23/h2,5-7,10-16,20,25H,3-4,8-9,17H2,1H3,(H,29,33)(H,30,34). The van der Waals surface area contributed by atoms with Gasteiger partial charge in [-0.1, -0.05) is 43.2 Å². The van der Waals surface area contributed by atoms with Crippen molar-refractivity contribution in [3.8, 4) is 0 Å². The normalized spacial score (nSPS) is 14.3.